The van der Waals surface area contributed by atoms with Gasteiger partial charge in [0, 0.05) is 22.7 Å². The van der Waals surface area contributed by atoms with Gasteiger partial charge in [0.2, 0.25) is 0 Å². The highest BCUT2D eigenvalue weighted by Crippen LogP contribution is 2.37. The summed E-state index contributed by atoms with van der Waals surface area (Å²) < 4.78 is 0. The van der Waals surface area contributed by atoms with Crippen molar-refractivity contribution < 1.29 is 9.59 Å². The summed E-state index contributed by atoms with van der Waals surface area (Å²) in [6.45, 7) is 16.9. The van der Waals surface area contributed by atoms with Crippen molar-refractivity contribution in [3.63, 3.8) is 0 Å². The molecule has 2 nitrogen and oxygen atoms in total. The predicted octanol–water partition coefficient (Wildman–Crippen LogP) is 7.39. The van der Waals surface area contributed by atoms with Gasteiger partial charge in [0.25, 0.3) is 0 Å². The monoisotopic (exact) mass is 366 g/mol. The van der Waals surface area contributed by atoms with E-state index in [1.165, 1.54) is 0 Å². The average molecular weight is 367 g/mol. The second kappa shape index (κ2) is 11.9. The van der Waals surface area contributed by atoms with Crippen LogP contribution in [0, 0.1) is 22.7 Å². The Labute approximate surface area is 163 Å². The van der Waals surface area contributed by atoms with Crippen molar-refractivity contribution >= 4 is 11.6 Å². The van der Waals surface area contributed by atoms with Gasteiger partial charge in [-0.25, -0.2) is 0 Å². The molecule has 0 aliphatic heterocycles. The normalized spacial score (nSPS) is 14.9. The van der Waals surface area contributed by atoms with E-state index in [-0.39, 0.29) is 22.7 Å². The fourth-order valence-electron chi connectivity index (χ4n) is 3.92. The molecule has 2 atom stereocenters. The fraction of sp³-hybridized carbons (Fsp3) is 0.917. The first-order chi connectivity index (χ1) is 12.1. The lowest BCUT2D eigenvalue weighted by atomic mass is 9.69. The van der Waals surface area contributed by atoms with Gasteiger partial charge in [-0.15, -0.1) is 0 Å². The van der Waals surface area contributed by atoms with Crippen LogP contribution in [0.5, 0.6) is 0 Å². The van der Waals surface area contributed by atoms with Gasteiger partial charge in [0.1, 0.15) is 11.6 Å². The van der Waals surface area contributed by atoms with Crippen LogP contribution in [0.25, 0.3) is 0 Å². The van der Waals surface area contributed by atoms with Crippen LogP contribution in [0.1, 0.15) is 120 Å². The molecular weight excluding hydrogens is 320 g/mol. The van der Waals surface area contributed by atoms with Crippen LogP contribution < -0.4 is 0 Å². The number of hydrogen-bond donors (Lipinski definition) is 0. The Hall–Kier alpha value is -0.660. The maximum absolute atomic E-state index is 13.0. The van der Waals surface area contributed by atoms with Gasteiger partial charge in [-0.2, -0.15) is 0 Å². The summed E-state index contributed by atoms with van der Waals surface area (Å²) in [4.78, 5) is 26.1. The molecule has 0 amide bonds. The van der Waals surface area contributed by atoms with Crippen LogP contribution in [0.3, 0.4) is 0 Å². The Morgan fingerprint density at radius 1 is 0.654 bits per heavy atom. The molecule has 0 saturated heterocycles. The lowest BCUT2D eigenvalue weighted by Gasteiger charge is -2.33. The average Bonchev–Trinajstić information content (AvgIpc) is 2.61. The zero-order valence-corrected chi connectivity index (χ0v) is 19.0. The number of rotatable bonds is 15. The molecule has 2 unspecified atom stereocenters. The SMILES string of the molecule is CCCCC(CC)C(=O)C(C)(C)CCC(C)(C)C(=O)C(CC)CCCC. The molecule has 26 heavy (non-hydrogen) atoms. The number of ketones is 2. The Bertz CT molecular complexity index is 380. The molecule has 0 N–H and O–H groups in total. The zero-order valence-electron chi connectivity index (χ0n) is 19.0. The van der Waals surface area contributed by atoms with Crippen molar-refractivity contribution in [2.75, 3.05) is 0 Å². The summed E-state index contributed by atoms with van der Waals surface area (Å²) >= 11 is 0. The van der Waals surface area contributed by atoms with Gasteiger partial charge in [-0.3, -0.25) is 9.59 Å². The topological polar surface area (TPSA) is 34.1 Å². The standard InChI is InChI=1S/C24H46O2/c1-9-13-15-19(11-3)21(25)23(5,6)17-18-24(7,8)22(26)20(12-4)16-14-10-2/h19-20H,9-18H2,1-8H3. The Balaban J connectivity index is 4.93. The molecule has 0 radical (unpaired) electrons. The lowest BCUT2D eigenvalue weighted by molar-refractivity contribution is -0.135. The van der Waals surface area contributed by atoms with Crippen molar-refractivity contribution in [2.45, 2.75) is 120 Å². The second-order valence-corrected chi connectivity index (χ2v) is 9.49. The molecule has 2 heteroatoms. The third-order valence-electron chi connectivity index (χ3n) is 6.25. The van der Waals surface area contributed by atoms with E-state index in [1.54, 1.807) is 0 Å². The summed E-state index contributed by atoms with van der Waals surface area (Å²) in [6, 6.07) is 0. The minimum absolute atomic E-state index is 0.178. The van der Waals surface area contributed by atoms with Gasteiger partial charge in [-0.1, -0.05) is 81.1 Å². The predicted molar refractivity (Wildman–Crippen MR) is 113 cm³/mol. The molecule has 0 fully saturated rings. The van der Waals surface area contributed by atoms with Crippen molar-refractivity contribution in [1.82, 2.24) is 0 Å². The molecular formula is C24H46O2. The molecule has 0 aromatic heterocycles. The highest BCUT2D eigenvalue weighted by molar-refractivity contribution is 5.87. The van der Waals surface area contributed by atoms with E-state index in [1.807, 2.05) is 0 Å². The number of hydrogen-bond acceptors (Lipinski definition) is 2. The Kier molecular flexibility index (Phi) is 11.6. The third-order valence-corrected chi connectivity index (χ3v) is 6.25. The number of Topliss-reactive ketones (excluding diaryl/α,β-unsaturated/α-hetero) is 2. The lowest BCUT2D eigenvalue weighted by Crippen LogP contribution is -2.35. The van der Waals surface area contributed by atoms with Gasteiger partial charge in [0.15, 0.2) is 0 Å². The first kappa shape index (κ1) is 25.3. The number of unbranched alkanes of at least 4 members (excludes halogenated alkanes) is 2. The summed E-state index contributed by atoms with van der Waals surface area (Å²) in [7, 11) is 0. The smallest absolute Gasteiger partial charge is 0.141 e. The van der Waals surface area contributed by atoms with E-state index in [2.05, 4.69) is 55.4 Å². The highest BCUT2D eigenvalue weighted by atomic mass is 16.1. The number of carbonyl (C=O) groups is 2. The first-order valence-corrected chi connectivity index (χ1v) is 11.2. The quantitative estimate of drug-likeness (QED) is 0.303. The minimum atomic E-state index is -0.336. The van der Waals surface area contributed by atoms with Crippen molar-refractivity contribution in [2.24, 2.45) is 22.7 Å². The van der Waals surface area contributed by atoms with Crippen LogP contribution in [0.15, 0.2) is 0 Å². The van der Waals surface area contributed by atoms with Crippen molar-refractivity contribution in [3.05, 3.63) is 0 Å². The molecule has 0 saturated carbocycles. The van der Waals surface area contributed by atoms with Crippen LogP contribution >= 0.6 is 0 Å². The van der Waals surface area contributed by atoms with Crippen molar-refractivity contribution in [3.8, 4) is 0 Å². The molecule has 0 rings (SSSR count). The van der Waals surface area contributed by atoms with Gasteiger partial charge >= 0.3 is 0 Å². The van der Waals surface area contributed by atoms with Crippen LogP contribution in [-0.2, 0) is 9.59 Å². The summed E-state index contributed by atoms with van der Waals surface area (Å²) in [5, 5.41) is 0. The van der Waals surface area contributed by atoms with Crippen LogP contribution in [0.2, 0.25) is 0 Å². The third kappa shape index (κ3) is 7.92. The van der Waals surface area contributed by atoms with Crippen molar-refractivity contribution in [1.29, 1.82) is 0 Å². The van der Waals surface area contributed by atoms with E-state index in [0.717, 1.165) is 64.2 Å². The summed E-state index contributed by atoms with van der Waals surface area (Å²) in [5.74, 6) is 1.15. The fourth-order valence-corrected chi connectivity index (χ4v) is 3.92. The highest BCUT2D eigenvalue weighted by Gasteiger charge is 2.37. The van der Waals surface area contributed by atoms with E-state index >= 15 is 0 Å². The molecule has 0 heterocycles. The largest absolute Gasteiger partial charge is 0.299 e. The van der Waals surface area contributed by atoms with Crippen LogP contribution in [-0.4, -0.2) is 11.6 Å². The maximum Gasteiger partial charge on any atom is 0.141 e. The molecule has 154 valence electrons. The van der Waals surface area contributed by atoms with E-state index in [0.29, 0.717) is 11.6 Å². The minimum Gasteiger partial charge on any atom is -0.299 e. The van der Waals surface area contributed by atoms with Crippen LogP contribution in [0.4, 0.5) is 0 Å². The summed E-state index contributed by atoms with van der Waals surface area (Å²) in [6.07, 6.45) is 10.0. The van der Waals surface area contributed by atoms with E-state index in [9.17, 15) is 9.59 Å². The van der Waals surface area contributed by atoms with E-state index < -0.39 is 0 Å². The summed E-state index contributed by atoms with van der Waals surface area (Å²) in [5.41, 5.74) is -0.672. The zero-order chi connectivity index (χ0) is 20.4. The maximum atomic E-state index is 13.0. The Morgan fingerprint density at radius 2 is 0.962 bits per heavy atom. The molecule has 0 aromatic carbocycles. The number of carbonyl (C=O) groups excluding carboxylic acids is 2. The molecule has 0 bridgehead atoms. The second-order valence-electron chi connectivity index (χ2n) is 9.49. The van der Waals surface area contributed by atoms with E-state index in [4.69, 9.17) is 0 Å². The first-order valence-electron chi connectivity index (χ1n) is 11.2. The molecule has 0 aliphatic rings. The van der Waals surface area contributed by atoms with Gasteiger partial charge in [0.05, 0.1) is 0 Å². The van der Waals surface area contributed by atoms with Gasteiger partial charge < -0.3 is 0 Å². The molecule has 0 aliphatic carbocycles. The molecule has 0 spiro atoms. The Morgan fingerprint density at radius 3 is 1.19 bits per heavy atom. The van der Waals surface area contributed by atoms with Gasteiger partial charge in [-0.05, 0) is 38.5 Å². The molecule has 0 aromatic rings.